The van der Waals surface area contributed by atoms with Crippen LogP contribution in [0.4, 0.5) is 26.3 Å². The second kappa shape index (κ2) is 8.01. The molecule has 0 aliphatic rings. The summed E-state index contributed by atoms with van der Waals surface area (Å²) in [7, 11) is 0. The summed E-state index contributed by atoms with van der Waals surface area (Å²) in [5.74, 6) is 0. The second-order valence-electron chi connectivity index (χ2n) is 7.24. The normalized spacial score (nSPS) is 13.1. The molecule has 0 fully saturated rings. The van der Waals surface area contributed by atoms with Gasteiger partial charge in [-0.3, -0.25) is 0 Å². The van der Waals surface area contributed by atoms with Crippen molar-refractivity contribution in [1.29, 1.82) is 0 Å². The Morgan fingerprint density at radius 1 is 0.724 bits per heavy atom. The summed E-state index contributed by atoms with van der Waals surface area (Å²) < 4.78 is 86.4. The highest BCUT2D eigenvalue weighted by Crippen LogP contribution is 2.56. The van der Waals surface area contributed by atoms with Crippen molar-refractivity contribution >= 4 is 0 Å². The topological polar surface area (TPSA) is 20.2 Å². The lowest BCUT2D eigenvalue weighted by Gasteiger charge is -2.39. The molecule has 0 aliphatic heterocycles. The summed E-state index contributed by atoms with van der Waals surface area (Å²) in [6, 6.07) is 5.32. The van der Waals surface area contributed by atoms with E-state index < -0.39 is 35.5 Å². The van der Waals surface area contributed by atoms with Crippen LogP contribution >= 0.6 is 0 Å². The fraction of sp³-hybridized carbons (Fsp3) is 0.455. The number of hydrogen-bond donors (Lipinski definition) is 1. The largest absolute Gasteiger partial charge is 0.411 e. The highest BCUT2D eigenvalue weighted by atomic mass is 19.4. The van der Waals surface area contributed by atoms with Crippen LogP contribution in [0.25, 0.3) is 0 Å². The van der Waals surface area contributed by atoms with E-state index in [9.17, 15) is 31.4 Å². The van der Waals surface area contributed by atoms with E-state index in [2.05, 4.69) is 0 Å². The van der Waals surface area contributed by atoms with Gasteiger partial charge >= 0.3 is 12.4 Å². The molecule has 0 amide bonds. The zero-order valence-electron chi connectivity index (χ0n) is 16.7. The zero-order valence-corrected chi connectivity index (χ0v) is 16.7. The molecule has 2 rings (SSSR count). The van der Waals surface area contributed by atoms with Gasteiger partial charge in [0.25, 0.3) is 0 Å². The number of aliphatic hydroxyl groups excluding tert-OH is 1. The molecule has 0 aliphatic carbocycles. The van der Waals surface area contributed by atoms with Crippen molar-refractivity contribution in [2.24, 2.45) is 0 Å². The average Bonchev–Trinajstić information content (AvgIpc) is 2.60. The fourth-order valence-corrected chi connectivity index (χ4v) is 3.85. The fourth-order valence-electron chi connectivity index (χ4n) is 3.85. The van der Waals surface area contributed by atoms with E-state index in [1.807, 2.05) is 0 Å². The van der Waals surface area contributed by atoms with Crippen LogP contribution in [-0.2, 0) is 24.9 Å². The van der Waals surface area contributed by atoms with Crippen molar-refractivity contribution in [3.05, 3.63) is 69.3 Å². The van der Waals surface area contributed by atoms with Crippen LogP contribution in [0.2, 0.25) is 0 Å². The standard InChI is InChI=1S/C22H24F6O/c1-5-15-7-13(3)8-18(9-15)20(21(23,24)25,22(26,27)28)19-10-16(6-2)14(4)17(11-19)12-29/h7-11,29H,5-6,12H2,1-4H3. The Morgan fingerprint density at radius 3 is 1.69 bits per heavy atom. The molecule has 0 aromatic heterocycles. The van der Waals surface area contributed by atoms with Crippen LogP contribution in [0, 0.1) is 13.8 Å². The minimum absolute atomic E-state index is 0.0561. The maximum Gasteiger partial charge on any atom is 0.411 e. The first-order valence-electron chi connectivity index (χ1n) is 9.31. The minimum Gasteiger partial charge on any atom is -0.392 e. The summed E-state index contributed by atoms with van der Waals surface area (Å²) in [5.41, 5.74) is -4.37. The van der Waals surface area contributed by atoms with E-state index >= 15 is 0 Å². The molecule has 29 heavy (non-hydrogen) atoms. The van der Waals surface area contributed by atoms with Gasteiger partial charge in [0.05, 0.1) is 6.61 Å². The lowest BCUT2D eigenvalue weighted by molar-refractivity contribution is -0.288. The highest BCUT2D eigenvalue weighted by Gasteiger charge is 2.72. The van der Waals surface area contributed by atoms with Crippen molar-refractivity contribution in [2.75, 3.05) is 0 Å². The molecule has 0 unspecified atom stereocenters. The maximum absolute atomic E-state index is 14.4. The molecule has 2 aromatic carbocycles. The van der Waals surface area contributed by atoms with Crippen LogP contribution in [0.1, 0.15) is 52.8 Å². The van der Waals surface area contributed by atoms with E-state index in [1.54, 1.807) is 26.8 Å². The Kier molecular flexibility index (Phi) is 6.43. The summed E-state index contributed by atoms with van der Waals surface area (Å²) >= 11 is 0. The number of halogens is 6. The molecule has 0 saturated carbocycles. The summed E-state index contributed by atoms with van der Waals surface area (Å²) in [6.07, 6.45) is -10.7. The van der Waals surface area contributed by atoms with Crippen molar-refractivity contribution in [3.63, 3.8) is 0 Å². The number of hydrogen-bond acceptors (Lipinski definition) is 1. The first-order valence-corrected chi connectivity index (χ1v) is 9.31. The van der Waals surface area contributed by atoms with E-state index in [0.29, 0.717) is 28.7 Å². The summed E-state index contributed by atoms with van der Waals surface area (Å²) in [6.45, 7) is 5.74. The summed E-state index contributed by atoms with van der Waals surface area (Å²) in [4.78, 5) is 0. The Morgan fingerprint density at radius 2 is 1.24 bits per heavy atom. The number of aliphatic hydroxyl groups is 1. The maximum atomic E-state index is 14.4. The van der Waals surface area contributed by atoms with Gasteiger partial charge in [0.1, 0.15) is 0 Å². The average molecular weight is 418 g/mol. The first kappa shape index (κ1) is 23.3. The monoisotopic (exact) mass is 418 g/mol. The van der Waals surface area contributed by atoms with Crippen molar-refractivity contribution in [3.8, 4) is 0 Å². The van der Waals surface area contributed by atoms with Crippen LogP contribution in [0.3, 0.4) is 0 Å². The van der Waals surface area contributed by atoms with E-state index in [-0.39, 0.29) is 12.0 Å². The van der Waals surface area contributed by atoms with Gasteiger partial charge < -0.3 is 5.11 Å². The molecule has 0 saturated heterocycles. The SMILES string of the molecule is CCc1cc(C)cc(C(c2cc(CC)c(C)c(CO)c2)(C(F)(F)F)C(F)(F)F)c1. The van der Waals surface area contributed by atoms with Gasteiger partial charge in [0.15, 0.2) is 0 Å². The van der Waals surface area contributed by atoms with Gasteiger partial charge in [-0.2, -0.15) is 26.3 Å². The molecule has 2 aromatic rings. The molecular weight excluding hydrogens is 394 g/mol. The lowest BCUT2D eigenvalue weighted by atomic mass is 9.71. The number of benzene rings is 2. The van der Waals surface area contributed by atoms with Gasteiger partial charge in [-0.1, -0.05) is 49.7 Å². The molecule has 1 nitrogen and oxygen atoms in total. The van der Waals surface area contributed by atoms with Crippen molar-refractivity contribution < 1.29 is 31.4 Å². The van der Waals surface area contributed by atoms with Gasteiger partial charge in [-0.15, -0.1) is 0 Å². The molecule has 0 bridgehead atoms. The molecule has 1 N–H and O–H groups in total. The smallest absolute Gasteiger partial charge is 0.392 e. The Balaban J connectivity index is 3.07. The molecule has 160 valence electrons. The molecular formula is C22H24F6O. The Labute approximate surface area is 166 Å². The highest BCUT2D eigenvalue weighted by molar-refractivity contribution is 5.51. The van der Waals surface area contributed by atoms with Crippen molar-refractivity contribution in [1.82, 2.24) is 0 Å². The van der Waals surface area contributed by atoms with Crippen LogP contribution in [-0.4, -0.2) is 17.5 Å². The molecule has 0 radical (unpaired) electrons. The lowest BCUT2D eigenvalue weighted by Crippen LogP contribution is -2.55. The first-order chi connectivity index (χ1) is 13.3. The van der Waals surface area contributed by atoms with Gasteiger partial charge in [0, 0.05) is 0 Å². The Hall–Kier alpha value is -2.02. The molecule has 0 atom stereocenters. The van der Waals surface area contributed by atoms with Gasteiger partial charge in [-0.25, -0.2) is 0 Å². The molecule has 0 heterocycles. The van der Waals surface area contributed by atoms with Crippen molar-refractivity contribution in [2.45, 2.75) is 64.9 Å². The van der Waals surface area contributed by atoms with Gasteiger partial charge in [0.2, 0.25) is 5.41 Å². The van der Waals surface area contributed by atoms with Gasteiger partial charge in [-0.05, 0) is 60.1 Å². The second-order valence-corrected chi connectivity index (χ2v) is 7.24. The van der Waals surface area contributed by atoms with Crippen LogP contribution in [0.15, 0.2) is 30.3 Å². The predicted molar refractivity (Wildman–Crippen MR) is 99.9 cm³/mol. The van der Waals surface area contributed by atoms with Crippen LogP contribution < -0.4 is 0 Å². The molecule has 7 heteroatoms. The summed E-state index contributed by atoms with van der Waals surface area (Å²) in [5, 5.41) is 9.57. The Bertz CT molecular complexity index is 841. The number of alkyl halides is 6. The minimum atomic E-state index is -5.64. The van der Waals surface area contributed by atoms with E-state index in [0.717, 1.165) is 24.3 Å². The molecule has 0 spiro atoms. The number of aryl methyl sites for hydroxylation is 3. The predicted octanol–water partition coefficient (Wildman–Crippen LogP) is 6.33. The zero-order chi connectivity index (χ0) is 22.2. The quantitative estimate of drug-likeness (QED) is 0.563. The third kappa shape index (κ3) is 3.89. The third-order valence-corrected chi connectivity index (χ3v) is 5.44. The third-order valence-electron chi connectivity index (χ3n) is 5.44. The number of rotatable bonds is 5. The van der Waals surface area contributed by atoms with E-state index in [4.69, 9.17) is 0 Å². The van der Waals surface area contributed by atoms with Crippen LogP contribution in [0.5, 0.6) is 0 Å². The van der Waals surface area contributed by atoms with E-state index in [1.165, 1.54) is 6.92 Å².